The fraction of sp³-hybridized carbons (Fsp3) is 0.533. The Bertz CT molecular complexity index is 727. The molecule has 0 aromatic carbocycles. The number of pyridine rings is 1. The highest BCUT2D eigenvalue weighted by atomic mass is 16.6. The normalized spacial score (nSPS) is 21.1. The molecule has 2 fully saturated rings. The second kappa shape index (κ2) is 6.16. The Hall–Kier alpha value is -2.55. The van der Waals surface area contributed by atoms with Gasteiger partial charge in [0, 0.05) is 31.1 Å². The van der Waals surface area contributed by atoms with Gasteiger partial charge in [-0.05, 0) is 25.3 Å². The van der Waals surface area contributed by atoms with Gasteiger partial charge in [0.25, 0.3) is 5.69 Å². The van der Waals surface area contributed by atoms with Crippen molar-refractivity contribution < 1.29 is 9.45 Å². The van der Waals surface area contributed by atoms with Crippen molar-refractivity contribution in [3.63, 3.8) is 0 Å². The summed E-state index contributed by atoms with van der Waals surface area (Å²) in [6, 6.07) is 3.36. The summed E-state index contributed by atoms with van der Waals surface area (Å²) in [5.74, 6) is 2.65. The van der Waals surface area contributed by atoms with Gasteiger partial charge < -0.3 is 9.84 Å². The molecular formula is C15H18N6O3. The van der Waals surface area contributed by atoms with Gasteiger partial charge in [0.2, 0.25) is 5.89 Å². The first-order chi connectivity index (χ1) is 11.7. The van der Waals surface area contributed by atoms with Crippen LogP contribution in [0.4, 0.5) is 11.5 Å². The number of aromatic nitrogens is 3. The van der Waals surface area contributed by atoms with Gasteiger partial charge >= 0.3 is 0 Å². The molecule has 1 aliphatic carbocycles. The largest absolute Gasteiger partial charge is 0.366 e. The van der Waals surface area contributed by atoms with Crippen molar-refractivity contribution in [1.82, 2.24) is 20.0 Å². The van der Waals surface area contributed by atoms with Crippen molar-refractivity contribution in [2.24, 2.45) is 0 Å². The van der Waals surface area contributed by atoms with Crippen LogP contribution in [0.1, 0.15) is 36.9 Å². The van der Waals surface area contributed by atoms with Gasteiger partial charge in [0.1, 0.15) is 12.0 Å². The summed E-state index contributed by atoms with van der Waals surface area (Å²) in [5.41, 5.74) is -0.00262. The molecule has 1 saturated heterocycles. The van der Waals surface area contributed by atoms with Crippen LogP contribution < -0.4 is 5.32 Å². The van der Waals surface area contributed by atoms with E-state index in [0.29, 0.717) is 18.3 Å². The molecule has 9 nitrogen and oxygen atoms in total. The van der Waals surface area contributed by atoms with Crippen molar-refractivity contribution in [3.05, 3.63) is 40.2 Å². The van der Waals surface area contributed by atoms with E-state index in [1.807, 2.05) is 0 Å². The van der Waals surface area contributed by atoms with Gasteiger partial charge in [0.15, 0.2) is 5.82 Å². The van der Waals surface area contributed by atoms with E-state index in [0.717, 1.165) is 44.1 Å². The Morgan fingerprint density at radius 3 is 2.96 bits per heavy atom. The van der Waals surface area contributed by atoms with E-state index in [1.54, 1.807) is 6.07 Å². The summed E-state index contributed by atoms with van der Waals surface area (Å²) in [7, 11) is 0. The van der Waals surface area contributed by atoms with E-state index in [-0.39, 0.29) is 11.7 Å². The number of nitro groups is 1. The van der Waals surface area contributed by atoms with Crippen LogP contribution in [-0.4, -0.2) is 44.1 Å². The van der Waals surface area contributed by atoms with Gasteiger partial charge in [-0.2, -0.15) is 4.98 Å². The molecule has 1 saturated carbocycles. The second-order valence-electron chi connectivity index (χ2n) is 6.35. The fourth-order valence-corrected chi connectivity index (χ4v) is 2.91. The standard InChI is InChI=1S/C15H18N6O3/c22-21(23)12-3-4-13(16-7-12)17-11-5-6-20(8-11)9-14-18-15(24-19-14)10-1-2-10/h3-4,7,10-11H,1-2,5-6,8-9H2,(H,16,17)/t11-/m0/s1. The molecule has 1 atom stereocenters. The average molecular weight is 330 g/mol. The van der Waals surface area contributed by atoms with Gasteiger partial charge in [0.05, 0.1) is 11.5 Å². The smallest absolute Gasteiger partial charge is 0.287 e. The van der Waals surface area contributed by atoms with Gasteiger partial charge in [-0.1, -0.05) is 5.16 Å². The van der Waals surface area contributed by atoms with E-state index in [9.17, 15) is 10.1 Å². The number of hydrogen-bond acceptors (Lipinski definition) is 8. The highest BCUT2D eigenvalue weighted by Crippen LogP contribution is 2.38. The Balaban J connectivity index is 1.30. The molecule has 0 radical (unpaired) electrons. The minimum atomic E-state index is -0.450. The minimum Gasteiger partial charge on any atom is -0.366 e. The van der Waals surface area contributed by atoms with Crippen LogP contribution in [0.15, 0.2) is 22.9 Å². The molecule has 3 heterocycles. The molecule has 0 unspecified atom stereocenters. The van der Waals surface area contributed by atoms with Crippen molar-refractivity contribution in [3.8, 4) is 0 Å². The number of rotatable bonds is 6. The predicted octanol–water partition coefficient (Wildman–Crippen LogP) is 1.94. The molecule has 24 heavy (non-hydrogen) atoms. The van der Waals surface area contributed by atoms with Crippen LogP contribution in [0.5, 0.6) is 0 Å². The Labute approximate surface area is 138 Å². The summed E-state index contributed by atoms with van der Waals surface area (Å²) in [6.07, 6.45) is 4.55. The molecule has 126 valence electrons. The zero-order valence-corrected chi connectivity index (χ0v) is 13.1. The number of anilines is 1. The SMILES string of the molecule is O=[N+]([O-])c1ccc(N[C@H]2CCN(Cc3noc(C4CC4)n3)C2)nc1. The second-order valence-corrected chi connectivity index (χ2v) is 6.35. The maximum absolute atomic E-state index is 10.6. The number of hydrogen-bond donors (Lipinski definition) is 1. The molecule has 4 rings (SSSR count). The predicted molar refractivity (Wildman–Crippen MR) is 84.5 cm³/mol. The van der Waals surface area contributed by atoms with Crippen LogP contribution in [-0.2, 0) is 6.54 Å². The zero-order chi connectivity index (χ0) is 16.5. The summed E-state index contributed by atoms with van der Waals surface area (Å²) >= 11 is 0. The van der Waals surface area contributed by atoms with Gasteiger partial charge in [-0.3, -0.25) is 15.0 Å². The van der Waals surface area contributed by atoms with E-state index < -0.39 is 4.92 Å². The lowest BCUT2D eigenvalue weighted by atomic mass is 10.2. The summed E-state index contributed by atoms with van der Waals surface area (Å²) < 4.78 is 5.28. The number of nitrogens with zero attached hydrogens (tertiary/aromatic N) is 5. The third-order valence-corrected chi connectivity index (χ3v) is 4.36. The van der Waals surface area contributed by atoms with Gasteiger partial charge in [-0.25, -0.2) is 4.98 Å². The van der Waals surface area contributed by atoms with Crippen LogP contribution in [0, 0.1) is 10.1 Å². The molecule has 2 aromatic rings. The Morgan fingerprint density at radius 2 is 2.25 bits per heavy atom. The molecular weight excluding hydrogens is 312 g/mol. The van der Waals surface area contributed by atoms with E-state index in [4.69, 9.17) is 4.52 Å². The number of likely N-dealkylation sites (tertiary alicyclic amines) is 1. The molecule has 0 spiro atoms. The summed E-state index contributed by atoms with van der Waals surface area (Å²) in [4.78, 5) is 21.0. The molecule has 1 N–H and O–H groups in total. The Morgan fingerprint density at radius 1 is 1.38 bits per heavy atom. The monoisotopic (exact) mass is 330 g/mol. The van der Waals surface area contributed by atoms with E-state index in [1.165, 1.54) is 12.3 Å². The van der Waals surface area contributed by atoms with Crippen LogP contribution >= 0.6 is 0 Å². The fourth-order valence-electron chi connectivity index (χ4n) is 2.91. The topological polar surface area (TPSA) is 110 Å². The zero-order valence-electron chi connectivity index (χ0n) is 13.1. The highest BCUT2D eigenvalue weighted by molar-refractivity contribution is 5.41. The van der Waals surface area contributed by atoms with Crippen LogP contribution in [0.3, 0.4) is 0 Å². The third kappa shape index (κ3) is 3.35. The van der Waals surface area contributed by atoms with Crippen molar-refractivity contribution in [2.45, 2.75) is 37.8 Å². The Kier molecular flexibility index (Phi) is 3.85. The quantitative estimate of drug-likeness (QED) is 0.632. The van der Waals surface area contributed by atoms with Gasteiger partial charge in [-0.15, -0.1) is 0 Å². The molecule has 9 heteroatoms. The summed E-state index contributed by atoms with van der Waals surface area (Å²) in [6.45, 7) is 2.48. The van der Waals surface area contributed by atoms with E-state index in [2.05, 4.69) is 25.3 Å². The maximum Gasteiger partial charge on any atom is 0.287 e. The van der Waals surface area contributed by atoms with Crippen molar-refractivity contribution in [1.29, 1.82) is 0 Å². The lowest BCUT2D eigenvalue weighted by Crippen LogP contribution is -2.26. The molecule has 0 bridgehead atoms. The first-order valence-electron chi connectivity index (χ1n) is 8.09. The first kappa shape index (κ1) is 15.0. The summed E-state index contributed by atoms with van der Waals surface area (Å²) in [5, 5.41) is 18.0. The molecule has 2 aromatic heterocycles. The van der Waals surface area contributed by atoms with Crippen molar-refractivity contribution in [2.75, 3.05) is 18.4 Å². The molecule has 1 aliphatic heterocycles. The van der Waals surface area contributed by atoms with Crippen molar-refractivity contribution >= 4 is 11.5 Å². The molecule has 2 aliphatic rings. The highest BCUT2D eigenvalue weighted by Gasteiger charge is 2.30. The lowest BCUT2D eigenvalue weighted by Gasteiger charge is -2.15. The molecule has 0 amide bonds. The maximum atomic E-state index is 10.6. The van der Waals surface area contributed by atoms with Crippen LogP contribution in [0.25, 0.3) is 0 Å². The average Bonchev–Trinajstić information content (AvgIpc) is 3.17. The van der Waals surface area contributed by atoms with E-state index >= 15 is 0 Å². The lowest BCUT2D eigenvalue weighted by molar-refractivity contribution is -0.385. The first-order valence-corrected chi connectivity index (χ1v) is 8.09. The third-order valence-electron chi connectivity index (χ3n) is 4.36. The number of nitrogens with one attached hydrogen (secondary N) is 1. The van der Waals surface area contributed by atoms with Crippen LogP contribution in [0.2, 0.25) is 0 Å². The minimum absolute atomic E-state index is 0.00262.